The van der Waals surface area contributed by atoms with Crippen LogP contribution in [0.1, 0.15) is 25.8 Å². The maximum atomic E-state index is 11.5. The molecule has 1 fully saturated rings. The Bertz CT molecular complexity index is 614. The zero-order chi connectivity index (χ0) is 14.1. The smallest absolute Gasteiger partial charge is 0.240 e. The average Bonchev–Trinajstić information content (AvgIpc) is 3.17. The molecule has 104 valence electrons. The third-order valence-electron chi connectivity index (χ3n) is 3.21. The first kappa shape index (κ1) is 12.7. The summed E-state index contributed by atoms with van der Waals surface area (Å²) in [6.07, 6.45) is 2.25. The number of hydrogen-bond acceptors (Lipinski definition) is 5. The lowest BCUT2D eigenvalue weighted by Crippen LogP contribution is -2.32. The Hall–Kier alpha value is -2.28. The highest BCUT2D eigenvalue weighted by atomic mass is 16.2. The van der Waals surface area contributed by atoms with E-state index < -0.39 is 6.04 Å². The van der Waals surface area contributed by atoms with Crippen LogP contribution >= 0.6 is 0 Å². The minimum atomic E-state index is -0.531. The van der Waals surface area contributed by atoms with E-state index in [1.165, 1.54) is 0 Å². The minimum Gasteiger partial charge on any atom is -0.325 e. The van der Waals surface area contributed by atoms with Gasteiger partial charge in [0.25, 0.3) is 0 Å². The maximum absolute atomic E-state index is 11.5. The Morgan fingerprint density at radius 2 is 2.10 bits per heavy atom. The number of tetrazole rings is 1. The average molecular weight is 272 g/mol. The quantitative estimate of drug-likeness (QED) is 0.863. The van der Waals surface area contributed by atoms with Crippen LogP contribution in [-0.4, -0.2) is 32.2 Å². The normalized spacial score (nSPS) is 15.9. The second-order valence-electron chi connectivity index (χ2n) is 5.03. The molecule has 7 nitrogen and oxygen atoms in total. The first-order valence-corrected chi connectivity index (χ1v) is 6.60. The molecule has 1 aliphatic rings. The van der Waals surface area contributed by atoms with Crippen molar-refractivity contribution in [1.82, 2.24) is 20.2 Å². The van der Waals surface area contributed by atoms with Crippen LogP contribution in [0.15, 0.2) is 24.3 Å². The van der Waals surface area contributed by atoms with Gasteiger partial charge in [-0.2, -0.15) is 0 Å². The van der Waals surface area contributed by atoms with Crippen molar-refractivity contribution in [2.24, 2.45) is 5.73 Å². The summed E-state index contributed by atoms with van der Waals surface area (Å²) in [7, 11) is 0. The lowest BCUT2D eigenvalue weighted by Gasteiger charge is -2.08. The molecule has 3 N–H and O–H groups in total. The molecule has 0 radical (unpaired) electrons. The summed E-state index contributed by atoms with van der Waals surface area (Å²) in [5.41, 5.74) is 7.15. The van der Waals surface area contributed by atoms with Crippen LogP contribution in [0.2, 0.25) is 0 Å². The number of nitrogens with one attached hydrogen (secondary N) is 1. The highest BCUT2D eigenvalue weighted by molar-refractivity contribution is 5.94. The molecule has 1 aromatic carbocycles. The van der Waals surface area contributed by atoms with Crippen molar-refractivity contribution in [2.45, 2.75) is 31.8 Å². The SMILES string of the molecule is C[C@@H](N)C(=O)Nc1ccc(-c2nnnn2C2CC2)cc1. The number of aromatic nitrogens is 4. The number of benzene rings is 1. The monoisotopic (exact) mass is 272 g/mol. The van der Waals surface area contributed by atoms with Crippen molar-refractivity contribution < 1.29 is 4.79 Å². The van der Waals surface area contributed by atoms with E-state index in [4.69, 9.17) is 5.73 Å². The second-order valence-corrected chi connectivity index (χ2v) is 5.03. The molecule has 1 atom stereocenters. The van der Waals surface area contributed by atoms with Gasteiger partial charge in [0, 0.05) is 11.3 Å². The lowest BCUT2D eigenvalue weighted by atomic mass is 10.2. The number of carbonyl (C=O) groups is 1. The molecule has 0 bridgehead atoms. The van der Waals surface area contributed by atoms with Crippen molar-refractivity contribution >= 4 is 11.6 Å². The van der Waals surface area contributed by atoms with Gasteiger partial charge in [-0.15, -0.1) is 5.10 Å². The van der Waals surface area contributed by atoms with E-state index in [1.54, 1.807) is 6.92 Å². The van der Waals surface area contributed by atoms with Crippen LogP contribution in [0, 0.1) is 0 Å². The Morgan fingerprint density at radius 1 is 1.40 bits per heavy atom. The van der Waals surface area contributed by atoms with E-state index in [0.717, 1.165) is 24.2 Å². The molecule has 2 aromatic rings. The summed E-state index contributed by atoms with van der Waals surface area (Å²) < 4.78 is 1.86. The predicted molar refractivity (Wildman–Crippen MR) is 73.8 cm³/mol. The summed E-state index contributed by atoms with van der Waals surface area (Å²) in [4.78, 5) is 11.5. The number of nitrogens with zero attached hydrogens (tertiary/aromatic N) is 4. The number of carbonyl (C=O) groups excluding carboxylic acids is 1. The minimum absolute atomic E-state index is 0.208. The second kappa shape index (κ2) is 5.01. The van der Waals surface area contributed by atoms with Crippen LogP contribution < -0.4 is 11.1 Å². The van der Waals surface area contributed by atoms with Crippen LogP contribution in [0.3, 0.4) is 0 Å². The fourth-order valence-electron chi connectivity index (χ4n) is 1.91. The Morgan fingerprint density at radius 3 is 2.70 bits per heavy atom. The van der Waals surface area contributed by atoms with Crippen LogP contribution in [0.5, 0.6) is 0 Å². The molecule has 0 saturated heterocycles. The summed E-state index contributed by atoms with van der Waals surface area (Å²) in [5.74, 6) is 0.554. The molecule has 1 amide bonds. The van der Waals surface area contributed by atoms with Gasteiger partial charge in [0.1, 0.15) is 0 Å². The first-order valence-electron chi connectivity index (χ1n) is 6.60. The number of amides is 1. The summed E-state index contributed by atoms with van der Waals surface area (Å²) >= 11 is 0. The van der Waals surface area contributed by atoms with E-state index in [9.17, 15) is 4.79 Å². The summed E-state index contributed by atoms with van der Waals surface area (Å²) in [6, 6.07) is 7.32. The molecule has 3 rings (SSSR count). The molecular weight excluding hydrogens is 256 g/mol. The van der Waals surface area contributed by atoms with E-state index in [2.05, 4.69) is 20.8 Å². The number of nitrogens with two attached hydrogens (primary N) is 1. The van der Waals surface area contributed by atoms with Crippen molar-refractivity contribution in [3.05, 3.63) is 24.3 Å². The van der Waals surface area contributed by atoms with Gasteiger partial charge < -0.3 is 11.1 Å². The third-order valence-corrected chi connectivity index (χ3v) is 3.21. The molecular formula is C13H16N6O. The summed E-state index contributed by atoms with van der Waals surface area (Å²) in [6.45, 7) is 1.65. The Kier molecular flexibility index (Phi) is 3.19. The molecule has 20 heavy (non-hydrogen) atoms. The van der Waals surface area contributed by atoms with Gasteiger partial charge in [0.05, 0.1) is 12.1 Å². The lowest BCUT2D eigenvalue weighted by molar-refractivity contribution is -0.117. The van der Waals surface area contributed by atoms with Gasteiger partial charge in [-0.3, -0.25) is 4.79 Å². The Balaban J connectivity index is 1.79. The van der Waals surface area contributed by atoms with E-state index in [0.29, 0.717) is 11.7 Å². The fourth-order valence-corrected chi connectivity index (χ4v) is 1.91. The zero-order valence-electron chi connectivity index (χ0n) is 11.2. The largest absolute Gasteiger partial charge is 0.325 e. The van der Waals surface area contributed by atoms with Crippen molar-refractivity contribution in [3.63, 3.8) is 0 Å². The molecule has 0 aliphatic heterocycles. The Labute approximate surface area is 116 Å². The molecule has 0 unspecified atom stereocenters. The molecule has 1 heterocycles. The van der Waals surface area contributed by atoms with Gasteiger partial charge >= 0.3 is 0 Å². The predicted octanol–water partition coefficient (Wildman–Crippen LogP) is 0.961. The van der Waals surface area contributed by atoms with Gasteiger partial charge in [0.15, 0.2) is 5.82 Å². The standard InChI is InChI=1S/C13H16N6O/c1-8(14)13(20)15-10-4-2-9(3-5-10)12-16-17-18-19(12)11-6-7-11/h2-5,8,11H,6-7,14H2,1H3,(H,15,20)/t8-/m1/s1. The molecule has 0 spiro atoms. The molecule has 1 aliphatic carbocycles. The van der Waals surface area contributed by atoms with Crippen molar-refractivity contribution in [3.8, 4) is 11.4 Å². The maximum Gasteiger partial charge on any atom is 0.240 e. The first-order chi connectivity index (χ1) is 9.65. The van der Waals surface area contributed by atoms with Gasteiger partial charge in [-0.1, -0.05) is 0 Å². The van der Waals surface area contributed by atoms with Gasteiger partial charge in [0.2, 0.25) is 5.91 Å². The molecule has 7 heteroatoms. The highest BCUT2D eigenvalue weighted by Gasteiger charge is 2.28. The van der Waals surface area contributed by atoms with Crippen LogP contribution in [0.25, 0.3) is 11.4 Å². The van der Waals surface area contributed by atoms with E-state index >= 15 is 0 Å². The van der Waals surface area contributed by atoms with Crippen molar-refractivity contribution in [1.29, 1.82) is 0 Å². The summed E-state index contributed by atoms with van der Waals surface area (Å²) in [5, 5.41) is 14.6. The number of rotatable bonds is 4. The topological polar surface area (TPSA) is 98.7 Å². The molecule has 1 saturated carbocycles. The van der Waals surface area contributed by atoms with Gasteiger partial charge in [-0.05, 0) is 54.5 Å². The van der Waals surface area contributed by atoms with E-state index in [-0.39, 0.29) is 5.91 Å². The highest BCUT2D eigenvalue weighted by Crippen LogP contribution is 2.36. The van der Waals surface area contributed by atoms with E-state index in [1.807, 2.05) is 28.9 Å². The van der Waals surface area contributed by atoms with Gasteiger partial charge in [-0.25, -0.2) is 4.68 Å². The zero-order valence-corrected chi connectivity index (χ0v) is 11.2. The molecule has 1 aromatic heterocycles. The third kappa shape index (κ3) is 2.53. The number of anilines is 1. The van der Waals surface area contributed by atoms with Crippen LogP contribution in [-0.2, 0) is 4.79 Å². The fraction of sp³-hybridized carbons (Fsp3) is 0.385. The van der Waals surface area contributed by atoms with Crippen LogP contribution in [0.4, 0.5) is 5.69 Å². The van der Waals surface area contributed by atoms with Crippen molar-refractivity contribution in [2.75, 3.05) is 5.32 Å². The number of hydrogen-bond donors (Lipinski definition) is 2.